The third-order valence-electron chi connectivity index (χ3n) is 5.13. The Hall–Kier alpha value is -3.06. The van der Waals surface area contributed by atoms with Crippen molar-refractivity contribution >= 4 is 16.8 Å². The summed E-state index contributed by atoms with van der Waals surface area (Å²) >= 11 is 0. The topological polar surface area (TPSA) is 58.4 Å². The molecule has 0 N–H and O–H groups in total. The Bertz CT molecular complexity index is 1070. The maximum absolute atomic E-state index is 13.6. The molecule has 2 aromatic carbocycles. The van der Waals surface area contributed by atoms with Gasteiger partial charge in [0.05, 0.1) is 10.9 Å². The van der Waals surface area contributed by atoms with E-state index >= 15 is 0 Å². The molecule has 28 heavy (non-hydrogen) atoms. The van der Waals surface area contributed by atoms with Crippen LogP contribution in [0.2, 0.25) is 0 Å². The molecule has 1 aromatic heterocycles. The molecule has 4 rings (SSSR count). The zero-order valence-corrected chi connectivity index (χ0v) is 15.6. The standard InChI is InChI=1S/C21H21FN4O2/c1-24-18-8-7-16(22)13-17(18)20(27)19(23-24)21(28)26-11-9-25(10-12-26)14-15-5-3-2-4-6-15/h2-8,13H,9-12,14H2,1H3. The van der Waals surface area contributed by atoms with Crippen LogP contribution in [0.3, 0.4) is 0 Å². The minimum atomic E-state index is -0.524. The van der Waals surface area contributed by atoms with Crippen LogP contribution in [0, 0.1) is 5.82 Å². The summed E-state index contributed by atoms with van der Waals surface area (Å²) in [7, 11) is 1.65. The van der Waals surface area contributed by atoms with Crippen molar-refractivity contribution < 1.29 is 9.18 Å². The minimum Gasteiger partial charge on any atom is -0.335 e. The van der Waals surface area contributed by atoms with E-state index in [9.17, 15) is 14.0 Å². The number of amides is 1. The first kappa shape index (κ1) is 18.3. The lowest BCUT2D eigenvalue weighted by Crippen LogP contribution is -2.49. The predicted octanol–water partition coefficient (Wildman–Crippen LogP) is 2.03. The van der Waals surface area contributed by atoms with Crippen molar-refractivity contribution in [3.05, 3.63) is 75.8 Å². The molecule has 0 radical (unpaired) electrons. The summed E-state index contributed by atoms with van der Waals surface area (Å²) in [5.74, 6) is -0.908. The highest BCUT2D eigenvalue weighted by Crippen LogP contribution is 2.13. The number of fused-ring (bicyclic) bond motifs is 1. The molecule has 1 aliphatic heterocycles. The van der Waals surface area contributed by atoms with E-state index in [0.29, 0.717) is 18.6 Å². The van der Waals surface area contributed by atoms with Crippen LogP contribution >= 0.6 is 0 Å². The molecular weight excluding hydrogens is 359 g/mol. The van der Waals surface area contributed by atoms with Crippen LogP contribution in [-0.4, -0.2) is 51.7 Å². The number of piperazine rings is 1. The number of rotatable bonds is 3. The Kier molecular flexibility index (Phi) is 4.92. The third kappa shape index (κ3) is 3.53. The molecule has 6 nitrogen and oxygen atoms in total. The molecule has 1 saturated heterocycles. The van der Waals surface area contributed by atoms with E-state index in [4.69, 9.17) is 0 Å². The quantitative estimate of drug-likeness (QED) is 0.698. The SMILES string of the molecule is Cn1nc(C(=O)N2CCN(Cc3ccccc3)CC2)c(=O)c2cc(F)ccc21. The second-order valence-corrected chi connectivity index (χ2v) is 7.02. The van der Waals surface area contributed by atoms with Crippen LogP contribution in [0.1, 0.15) is 16.1 Å². The van der Waals surface area contributed by atoms with Gasteiger partial charge in [0.2, 0.25) is 5.43 Å². The average Bonchev–Trinajstić information content (AvgIpc) is 2.71. The molecule has 0 saturated carbocycles. The van der Waals surface area contributed by atoms with Gasteiger partial charge in [-0.2, -0.15) is 5.10 Å². The second-order valence-electron chi connectivity index (χ2n) is 7.02. The van der Waals surface area contributed by atoms with Crippen LogP contribution in [0.15, 0.2) is 53.3 Å². The third-order valence-corrected chi connectivity index (χ3v) is 5.13. The van der Waals surface area contributed by atoms with Crippen molar-refractivity contribution in [1.29, 1.82) is 0 Å². The van der Waals surface area contributed by atoms with Gasteiger partial charge in [0.15, 0.2) is 5.69 Å². The first-order valence-corrected chi connectivity index (χ1v) is 9.25. The normalized spacial score (nSPS) is 15.1. The predicted molar refractivity (Wildman–Crippen MR) is 105 cm³/mol. The van der Waals surface area contributed by atoms with E-state index in [2.05, 4.69) is 22.1 Å². The first-order chi connectivity index (χ1) is 13.5. The molecule has 0 spiro atoms. The smallest absolute Gasteiger partial charge is 0.278 e. The fraction of sp³-hybridized carbons (Fsp3) is 0.286. The molecular formula is C21H21FN4O2. The summed E-state index contributed by atoms with van der Waals surface area (Å²) in [6, 6.07) is 14.1. The molecule has 1 aliphatic rings. The summed E-state index contributed by atoms with van der Waals surface area (Å²) in [5.41, 5.74) is 1.05. The van der Waals surface area contributed by atoms with Gasteiger partial charge in [-0.25, -0.2) is 4.39 Å². The minimum absolute atomic E-state index is 0.155. The highest BCUT2D eigenvalue weighted by Gasteiger charge is 2.26. The van der Waals surface area contributed by atoms with E-state index in [1.54, 1.807) is 11.9 Å². The molecule has 0 unspecified atom stereocenters. The lowest BCUT2D eigenvalue weighted by Gasteiger charge is -2.34. The van der Waals surface area contributed by atoms with Gasteiger partial charge in [-0.3, -0.25) is 19.2 Å². The lowest BCUT2D eigenvalue weighted by molar-refractivity contribution is 0.0619. The summed E-state index contributed by atoms with van der Waals surface area (Å²) in [6.07, 6.45) is 0. The number of aryl methyl sites for hydroxylation is 1. The van der Waals surface area contributed by atoms with E-state index in [-0.39, 0.29) is 11.1 Å². The zero-order chi connectivity index (χ0) is 19.7. The van der Waals surface area contributed by atoms with Crippen LogP contribution < -0.4 is 5.43 Å². The Morgan fingerprint density at radius 3 is 2.50 bits per heavy atom. The molecule has 144 valence electrons. The van der Waals surface area contributed by atoms with Crippen LogP contribution in [-0.2, 0) is 13.6 Å². The lowest BCUT2D eigenvalue weighted by atomic mass is 10.1. The first-order valence-electron chi connectivity index (χ1n) is 9.25. The van der Waals surface area contributed by atoms with Crippen LogP contribution in [0.4, 0.5) is 4.39 Å². The number of aromatic nitrogens is 2. The molecule has 0 aliphatic carbocycles. The van der Waals surface area contributed by atoms with Gasteiger partial charge in [0.1, 0.15) is 5.82 Å². The Labute approximate surface area is 161 Å². The molecule has 0 bridgehead atoms. The molecule has 2 heterocycles. The number of benzene rings is 2. The molecule has 7 heteroatoms. The van der Waals surface area contributed by atoms with Crippen molar-refractivity contribution in [3.8, 4) is 0 Å². The van der Waals surface area contributed by atoms with Crippen molar-refractivity contribution in [1.82, 2.24) is 19.6 Å². The molecule has 1 amide bonds. The Morgan fingerprint density at radius 1 is 1.07 bits per heavy atom. The highest BCUT2D eigenvalue weighted by atomic mass is 19.1. The van der Waals surface area contributed by atoms with E-state index in [1.165, 1.54) is 22.4 Å². The maximum Gasteiger partial charge on any atom is 0.278 e. The second kappa shape index (κ2) is 7.52. The Balaban J connectivity index is 1.51. The molecule has 1 fully saturated rings. The maximum atomic E-state index is 13.6. The van der Waals surface area contributed by atoms with Gasteiger partial charge >= 0.3 is 0 Å². The average molecular weight is 380 g/mol. The monoisotopic (exact) mass is 380 g/mol. The van der Waals surface area contributed by atoms with Crippen LogP contribution in [0.25, 0.3) is 10.9 Å². The number of halogens is 1. The van der Waals surface area contributed by atoms with Gasteiger partial charge in [-0.15, -0.1) is 0 Å². The van der Waals surface area contributed by atoms with E-state index < -0.39 is 17.2 Å². The van der Waals surface area contributed by atoms with Crippen molar-refractivity contribution in [2.24, 2.45) is 7.05 Å². The van der Waals surface area contributed by atoms with Crippen molar-refractivity contribution in [3.63, 3.8) is 0 Å². The van der Waals surface area contributed by atoms with Gasteiger partial charge in [0.25, 0.3) is 5.91 Å². The van der Waals surface area contributed by atoms with E-state index in [0.717, 1.165) is 25.7 Å². The molecule has 3 aromatic rings. The number of carbonyl (C=O) groups is 1. The Morgan fingerprint density at radius 2 is 1.79 bits per heavy atom. The highest BCUT2D eigenvalue weighted by molar-refractivity contribution is 5.95. The number of carbonyl (C=O) groups excluding carboxylic acids is 1. The van der Waals surface area contributed by atoms with Gasteiger partial charge in [-0.1, -0.05) is 30.3 Å². The summed E-state index contributed by atoms with van der Waals surface area (Å²) in [5, 5.41) is 4.34. The van der Waals surface area contributed by atoms with Gasteiger partial charge in [0, 0.05) is 39.8 Å². The summed E-state index contributed by atoms with van der Waals surface area (Å²) in [4.78, 5) is 29.6. The van der Waals surface area contributed by atoms with E-state index in [1.807, 2.05) is 18.2 Å². The molecule has 0 atom stereocenters. The number of nitrogens with zero attached hydrogens (tertiary/aromatic N) is 4. The van der Waals surface area contributed by atoms with Gasteiger partial charge in [-0.05, 0) is 23.8 Å². The number of hydrogen-bond acceptors (Lipinski definition) is 4. The van der Waals surface area contributed by atoms with Crippen molar-refractivity contribution in [2.45, 2.75) is 6.54 Å². The fourth-order valence-electron chi connectivity index (χ4n) is 3.59. The van der Waals surface area contributed by atoms with Crippen molar-refractivity contribution in [2.75, 3.05) is 26.2 Å². The summed E-state index contributed by atoms with van der Waals surface area (Å²) < 4.78 is 15.0. The summed E-state index contributed by atoms with van der Waals surface area (Å²) in [6.45, 7) is 3.33. The van der Waals surface area contributed by atoms with Gasteiger partial charge < -0.3 is 4.90 Å². The van der Waals surface area contributed by atoms with Crippen LogP contribution in [0.5, 0.6) is 0 Å². The largest absolute Gasteiger partial charge is 0.335 e. The zero-order valence-electron chi connectivity index (χ0n) is 15.6. The fourth-order valence-corrected chi connectivity index (χ4v) is 3.59. The number of hydrogen-bond donors (Lipinski definition) is 0.